The first-order valence-corrected chi connectivity index (χ1v) is 8.01. The molecule has 0 bridgehead atoms. The molecule has 7 heteroatoms. The smallest absolute Gasteiger partial charge is 0.263 e. The molecule has 1 aromatic carbocycles. The van der Waals surface area contributed by atoms with E-state index in [0.29, 0.717) is 5.69 Å². The van der Waals surface area contributed by atoms with Crippen LogP contribution in [-0.2, 0) is 16.6 Å². The van der Waals surface area contributed by atoms with Crippen molar-refractivity contribution >= 4 is 15.7 Å². The van der Waals surface area contributed by atoms with Crippen LogP contribution in [0.2, 0.25) is 0 Å². The third kappa shape index (κ3) is 3.25. The summed E-state index contributed by atoms with van der Waals surface area (Å²) in [5.41, 5.74) is 6.25. The second kappa shape index (κ2) is 5.87. The highest BCUT2D eigenvalue weighted by molar-refractivity contribution is 7.92. The Labute approximate surface area is 123 Å². The number of hydrogen-bond donors (Lipinski definition) is 2. The van der Waals surface area contributed by atoms with Crippen LogP contribution in [0.1, 0.15) is 25.6 Å². The minimum atomic E-state index is -3.85. The average Bonchev–Trinajstić information content (AvgIpc) is 2.86. The average molecular weight is 311 g/mol. The largest absolute Gasteiger partial charge is 0.346 e. The van der Waals surface area contributed by atoms with Gasteiger partial charge in [-0.05, 0) is 32.0 Å². The third-order valence-electron chi connectivity index (χ3n) is 3.10. The Morgan fingerprint density at radius 1 is 1.33 bits per heavy atom. The molecule has 0 aliphatic heterocycles. The summed E-state index contributed by atoms with van der Waals surface area (Å²) in [6.07, 6.45) is 1.51. The van der Waals surface area contributed by atoms with Crippen molar-refractivity contribution in [2.24, 2.45) is 5.73 Å². The number of benzene rings is 1. The first kappa shape index (κ1) is 15.5. The highest BCUT2D eigenvalue weighted by Gasteiger charge is 2.20. The summed E-state index contributed by atoms with van der Waals surface area (Å²) in [6.45, 7) is 4.09. The quantitative estimate of drug-likeness (QED) is 0.890. The van der Waals surface area contributed by atoms with Crippen LogP contribution in [0.15, 0.2) is 41.4 Å². The number of nitrogens with one attached hydrogen (secondary N) is 1. The zero-order valence-electron chi connectivity index (χ0n) is 11.9. The third-order valence-corrected chi connectivity index (χ3v) is 4.43. The molecule has 2 aromatic rings. The van der Waals surface area contributed by atoms with E-state index in [1.807, 2.05) is 13.8 Å². The van der Waals surface area contributed by atoms with Gasteiger partial charge >= 0.3 is 0 Å². The molecule has 0 unspecified atom stereocenters. The maximum absolute atomic E-state index is 13.6. The predicted octanol–water partition coefficient (Wildman–Crippen LogP) is 2.47. The van der Waals surface area contributed by atoms with Crippen LogP contribution >= 0.6 is 0 Å². The lowest BCUT2D eigenvalue weighted by atomic mass is 10.3. The first-order chi connectivity index (χ1) is 9.85. The Bertz CT molecular complexity index is 738. The summed E-state index contributed by atoms with van der Waals surface area (Å²) in [7, 11) is -3.85. The van der Waals surface area contributed by atoms with Crippen LogP contribution in [0.3, 0.4) is 0 Å². The van der Waals surface area contributed by atoms with E-state index in [1.54, 1.807) is 10.6 Å². The maximum atomic E-state index is 13.6. The molecule has 0 radical (unpaired) electrons. The number of nitrogens with two attached hydrogens (primary N) is 1. The van der Waals surface area contributed by atoms with Crippen molar-refractivity contribution in [2.75, 3.05) is 4.72 Å². The normalized spacial score (nSPS) is 11.9. The van der Waals surface area contributed by atoms with E-state index >= 15 is 0 Å². The molecule has 3 N–H and O–H groups in total. The van der Waals surface area contributed by atoms with Crippen LogP contribution in [0, 0.1) is 5.82 Å². The minimum Gasteiger partial charge on any atom is -0.346 e. The Hall–Kier alpha value is -1.86. The summed E-state index contributed by atoms with van der Waals surface area (Å²) in [5, 5.41) is 0. The van der Waals surface area contributed by atoms with Gasteiger partial charge in [-0.25, -0.2) is 12.8 Å². The molecular weight excluding hydrogens is 293 g/mol. The highest BCUT2D eigenvalue weighted by atomic mass is 32.2. The SMILES string of the molecule is CC(C)n1cc(S(=O)(=O)Nc2ccccc2F)cc1CN. The lowest BCUT2D eigenvalue weighted by Crippen LogP contribution is -2.13. The summed E-state index contributed by atoms with van der Waals surface area (Å²) in [5.74, 6) is -0.622. The molecule has 0 atom stereocenters. The summed E-state index contributed by atoms with van der Waals surface area (Å²) < 4.78 is 42.3. The molecule has 0 saturated heterocycles. The molecule has 0 fully saturated rings. The van der Waals surface area contributed by atoms with E-state index in [0.717, 1.165) is 0 Å². The molecule has 0 spiro atoms. The molecule has 21 heavy (non-hydrogen) atoms. The van der Waals surface area contributed by atoms with Gasteiger partial charge in [-0.1, -0.05) is 12.1 Å². The fourth-order valence-corrected chi connectivity index (χ4v) is 3.15. The molecule has 1 heterocycles. The fraction of sp³-hybridized carbons (Fsp3) is 0.286. The van der Waals surface area contributed by atoms with Crippen LogP contribution in [-0.4, -0.2) is 13.0 Å². The molecule has 5 nitrogen and oxygen atoms in total. The number of anilines is 1. The summed E-state index contributed by atoms with van der Waals surface area (Å²) >= 11 is 0. The molecule has 0 aliphatic carbocycles. The van der Waals surface area contributed by atoms with Crippen molar-refractivity contribution < 1.29 is 12.8 Å². The van der Waals surface area contributed by atoms with Gasteiger partial charge in [0, 0.05) is 24.5 Å². The minimum absolute atomic E-state index is 0.0694. The van der Waals surface area contributed by atoms with E-state index < -0.39 is 15.8 Å². The van der Waals surface area contributed by atoms with Gasteiger partial charge in [-0.15, -0.1) is 0 Å². The molecule has 0 aliphatic rings. The molecule has 1 aromatic heterocycles. The zero-order valence-corrected chi connectivity index (χ0v) is 12.7. The van der Waals surface area contributed by atoms with Crippen LogP contribution < -0.4 is 10.5 Å². The van der Waals surface area contributed by atoms with Crippen LogP contribution in [0.25, 0.3) is 0 Å². The molecule has 0 saturated carbocycles. The van der Waals surface area contributed by atoms with E-state index in [1.165, 1.54) is 30.5 Å². The Kier molecular flexibility index (Phi) is 4.34. The number of nitrogens with zero attached hydrogens (tertiary/aromatic N) is 1. The van der Waals surface area contributed by atoms with Gasteiger partial charge in [0.1, 0.15) is 10.7 Å². The van der Waals surface area contributed by atoms with Crippen LogP contribution in [0.4, 0.5) is 10.1 Å². The monoisotopic (exact) mass is 311 g/mol. The van der Waals surface area contributed by atoms with Crippen molar-refractivity contribution in [1.29, 1.82) is 0 Å². The van der Waals surface area contributed by atoms with Crippen molar-refractivity contribution in [3.05, 3.63) is 48.0 Å². The summed E-state index contributed by atoms with van der Waals surface area (Å²) in [6, 6.07) is 7.21. The maximum Gasteiger partial charge on any atom is 0.263 e. The van der Waals surface area contributed by atoms with Crippen LogP contribution in [0.5, 0.6) is 0 Å². The number of halogens is 1. The van der Waals surface area contributed by atoms with Gasteiger partial charge in [0.05, 0.1) is 5.69 Å². The van der Waals surface area contributed by atoms with Gasteiger partial charge in [-0.2, -0.15) is 0 Å². The molecule has 114 valence electrons. The van der Waals surface area contributed by atoms with Crippen molar-refractivity contribution in [3.8, 4) is 0 Å². The number of para-hydroxylation sites is 1. The fourth-order valence-electron chi connectivity index (χ4n) is 2.04. The van der Waals surface area contributed by atoms with Gasteiger partial charge in [0.25, 0.3) is 10.0 Å². The summed E-state index contributed by atoms with van der Waals surface area (Å²) in [4.78, 5) is 0.0694. The second-order valence-electron chi connectivity index (χ2n) is 4.96. The van der Waals surface area contributed by atoms with Crippen molar-refractivity contribution in [3.63, 3.8) is 0 Å². The lowest BCUT2D eigenvalue weighted by molar-refractivity contribution is 0.573. The Morgan fingerprint density at radius 3 is 2.52 bits per heavy atom. The topological polar surface area (TPSA) is 77.1 Å². The molecule has 2 rings (SSSR count). The van der Waals surface area contributed by atoms with Gasteiger partial charge in [0.2, 0.25) is 0 Å². The number of hydrogen-bond acceptors (Lipinski definition) is 3. The van der Waals surface area contributed by atoms with Gasteiger partial charge in [0.15, 0.2) is 0 Å². The molecular formula is C14H18FN3O2S. The van der Waals surface area contributed by atoms with E-state index in [-0.39, 0.29) is 23.2 Å². The van der Waals surface area contributed by atoms with Gasteiger partial charge < -0.3 is 10.3 Å². The number of aromatic nitrogens is 1. The van der Waals surface area contributed by atoms with E-state index in [2.05, 4.69) is 4.72 Å². The van der Waals surface area contributed by atoms with Crippen molar-refractivity contribution in [1.82, 2.24) is 4.57 Å². The number of sulfonamides is 1. The standard InChI is InChI=1S/C14H18FN3O2S/c1-10(2)18-9-12(7-11(18)8-16)21(19,20)17-14-6-4-3-5-13(14)15/h3-7,9-10,17H,8,16H2,1-2H3. The van der Waals surface area contributed by atoms with Crippen molar-refractivity contribution in [2.45, 2.75) is 31.3 Å². The van der Waals surface area contributed by atoms with E-state index in [4.69, 9.17) is 5.73 Å². The van der Waals surface area contributed by atoms with E-state index in [9.17, 15) is 12.8 Å². The number of rotatable bonds is 5. The molecule has 0 amide bonds. The van der Waals surface area contributed by atoms with Gasteiger partial charge in [-0.3, -0.25) is 4.72 Å². The Morgan fingerprint density at radius 2 is 2.00 bits per heavy atom. The highest BCUT2D eigenvalue weighted by Crippen LogP contribution is 2.22. The predicted molar refractivity (Wildman–Crippen MR) is 79.9 cm³/mol. The zero-order chi connectivity index (χ0) is 15.6. The first-order valence-electron chi connectivity index (χ1n) is 6.53. The lowest BCUT2D eigenvalue weighted by Gasteiger charge is -2.10. The Balaban J connectivity index is 2.38. The second-order valence-corrected chi connectivity index (χ2v) is 6.64.